The average Bonchev–Trinajstić information content (AvgIpc) is 2.26. The zero-order valence-corrected chi connectivity index (χ0v) is 11.5. The molecule has 0 aromatic carbocycles. The van der Waals surface area contributed by atoms with Crippen molar-refractivity contribution in [2.45, 2.75) is 11.9 Å². The lowest BCUT2D eigenvalue weighted by Gasteiger charge is -2.07. The Morgan fingerprint density at radius 3 is 2.75 bits per heavy atom. The van der Waals surface area contributed by atoms with Crippen LogP contribution in [0.2, 0.25) is 0 Å². The maximum Gasteiger partial charge on any atom is 0.277 e. The predicted octanol–water partition coefficient (Wildman–Crippen LogP) is 2.12. The minimum absolute atomic E-state index is 0.106. The molecule has 84 valence electrons. The Balaban J connectivity index is 3.01. The lowest BCUT2D eigenvalue weighted by Crippen LogP contribution is -2.19. The highest BCUT2D eigenvalue weighted by Crippen LogP contribution is 2.23. The summed E-state index contributed by atoms with van der Waals surface area (Å²) < 4.78 is 2.26. The molecule has 2 rings (SSSR count). The van der Waals surface area contributed by atoms with Crippen LogP contribution in [0.5, 0.6) is 0 Å². The van der Waals surface area contributed by atoms with Crippen molar-refractivity contribution in [1.29, 1.82) is 0 Å². The van der Waals surface area contributed by atoms with E-state index in [2.05, 4.69) is 25.9 Å². The number of rotatable bonds is 1. The van der Waals surface area contributed by atoms with Crippen molar-refractivity contribution in [2.75, 3.05) is 6.26 Å². The number of nitrogens with zero attached hydrogens (tertiary/aromatic N) is 3. The molecular weight excluding hydrogens is 290 g/mol. The van der Waals surface area contributed by atoms with Gasteiger partial charge in [-0.05, 0) is 35.2 Å². The SMILES string of the molecule is CSc1nc(C)nc2c(=O)n(C)c(Br)cc12. The number of pyridine rings is 1. The van der Waals surface area contributed by atoms with Crippen LogP contribution in [0.3, 0.4) is 0 Å². The first-order chi connectivity index (χ1) is 7.54. The number of fused-ring (bicyclic) bond motifs is 1. The van der Waals surface area contributed by atoms with E-state index < -0.39 is 0 Å². The number of hydrogen-bond donors (Lipinski definition) is 0. The van der Waals surface area contributed by atoms with Gasteiger partial charge in [-0.25, -0.2) is 9.97 Å². The molecule has 0 atom stereocenters. The highest BCUT2D eigenvalue weighted by molar-refractivity contribution is 9.10. The van der Waals surface area contributed by atoms with E-state index in [9.17, 15) is 4.79 Å². The minimum Gasteiger partial charge on any atom is -0.304 e. The van der Waals surface area contributed by atoms with E-state index in [0.717, 1.165) is 15.0 Å². The summed E-state index contributed by atoms with van der Waals surface area (Å²) in [5.41, 5.74) is 0.368. The summed E-state index contributed by atoms with van der Waals surface area (Å²) in [5, 5.41) is 1.63. The zero-order chi connectivity index (χ0) is 11.9. The van der Waals surface area contributed by atoms with Gasteiger partial charge in [0.05, 0.1) is 4.60 Å². The Hall–Kier alpha value is -0.880. The molecule has 0 amide bonds. The van der Waals surface area contributed by atoms with Gasteiger partial charge in [-0.1, -0.05) is 0 Å². The van der Waals surface area contributed by atoms with Gasteiger partial charge >= 0.3 is 0 Å². The van der Waals surface area contributed by atoms with Crippen LogP contribution in [0.25, 0.3) is 10.9 Å². The van der Waals surface area contributed by atoms with E-state index in [-0.39, 0.29) is 5.56 Å². The molecule has 2 aromatic rings. The van der Waals surface area contributed by atoms with Gasteiger partial charge in [0, 0.05) is 12.4 Å². The van der Waals surface area contributed by atoms with E-state index in [1.54, 1.807) is 14.0 Å². The van der Waals surface area contributed by atoms with Crippen molar-refractivity contribution in [3.63, 3.8) is 0 Å². The fraction of sp³-hybridized carbons (Fsp3) is 0.300. The Morgan fingerprint density at radius 1 is 1.44 bits per heavy atom. The van der Waals surface area contributed by atoms with Crippen molar-refractivity contribution in [3.05, 3.63) is 26.8 Å². The summed E-state index contributed by atoms with van der Waals surface area (Å²) in [4.78, 5) is 20.5. The summed E-state index contributed by atoms with van der Waals surface area (Å²) in [6.07, 6.45) is 1.94. The van der Waals surface area contributed by atoms with Gasteiger partial charge < -0.3 is 4.57 Å². The standard InChI is InChI=1S/C10H10BrN3OS/c1-5-12-8-6(9(13-5)16-3)4-7(11)14(2)10(8)15/h4H,1-3H3. The lowest BCUT2D eigenvalue weighted by molar-refractivity contribution is 0.837. The maximum absolute atomic E-state index is 12.0. The van der Waals surface area contributed by atoms with Gasteiger partial charge in [-0.15, -0.1) is 11.8 Å². The first kappa shape index (κ1) is 11.6. The quantitative estimate of drug-likeness (QED) is 0.460. The van der Waals surface area contributed by atoms with Gasteiger partial charge in [0.1, 0.15) is 16.4 Å². The van der Waals surface area contributed by atoms with Crippen LogP contribution >= 0.6 is 27.7 Å². The second-order valence-electron chi connectivity index (χ2n) is 3.37. The number of thioether (sulfide) groups is 1. The molecule has 0 aliphatic rings. The van der Waals surface area contributed by atoms with Crippen LogP contribution in [0.1, 0.15) is 5.82 Å². The molecule has 0 aliphatic carbocycles. The molecule has 0 saturated heterocycles. The number of hydrogen-bond acceptors (Lipinski definition) is 4. The van der Waals surface area contributed by atoms with Crippen LogP contribution in [0.4, 0.5) is 0 Å². The maximum atomic E-state index is 12.0. The summed E-state index contributed by atoms with van der Waals surface area (Å²) in [5.74, 6) is 0.622. The Kier molecular flexibility index (Phi) is 3.03. The smallest absolute Gasteiger partial charge is 0.277 e. The number of aromatic nitrogens is 3. The number of aryl methyl sites for hydroxylation is 1. The highest BCUT2D eigenvalue weighted by atomic mass is 79.9. The second kappa shape index (κ2) is 4.18. The normalized spacial score (nSPS) is 11.0. The fourth-order valence-electron chi connectivity index (χ4n) is 1.48. The number of halogens is 1. The van der Waals surface area contributed by atoms with E-state index in [1.165, 1.54) is 16.3 Å². The molecule has 0 bridgehead atoms. The van der Waals surface area contributed by atoms with Crippen LogP contribution < -0.4 is 5.56 Å². The largest absolute Gasteiger partial charge is 0.304 e. The molecule has 0 unspecified atom stereocenters. The molecule has 0 aliphatic heterocycles. The second-order valence-corrected chi connectivity index (χ2v) is 4.98. The Bertz CT molecular complexity index is 623. The van der Waals surface area contributed by atoms with Gasteiger partial charge in [0.15, 0.2) is 0 Å². The van der Waals surface area contributed by atoms with Crippen molar-refractivity contribution in [2.24, 2.45) is 7.05 Å². The Morgan fingerprint density at radius 2 is 2.12 bits per heavy atom. The molecule has 0 N–H and O–H groups in total. The van der Waals surface area contributed by atoms with Gasteiger partial charge in [0.2, 0.25) is 0 Å². The van der Waals surface area contributed by atoms with Crippen molar-refractivity contribution >= 4 is 38.6 Å². The van der Waals surface area contributed by atoms with Gasteiger partial charge in [-0.2, -0.15) is 0 Å². The molecule has 2 aromatic heterocycles. The summed E-state index contributed by atoms with van der Waals surface area (Å²) in [6, 6.07) is 1.88. The molecule has 0 radical (unpaired) electrons. The van der Waals surface area contributed by atoms with Crippen LogP contribution in [-0.2, 0) is 7.05 Å². The van der Waals surface area contributed by atoms with Crippen molar-refractivity contribution in [1.82, 2.24) is 14.5 Å². The monoisotopic (exact) mass is 299 g/mol. The van der Waals surface area contributed by atoms with E-state index in [4.69, 9.17) is 0 Å². The molecule has 6 heteroatoms. The predicted molar refractivity (Wildman–Crippen MR) is 69.0 cm³/mol. The van der Waals surface area contributed by atoms with Gasteiger partial charge in [0.25, 0.3) is 5.56 Å². The third-order valence-electron chi connectivity index (χ3n) is 2.31. The minimum atomic E-state index is -0.106. The lowest BCUT2D eigenvalue weighted by atomic mass is 10.3. The molecule has 2 heterocycles. The Labute approximate surface area is 105 Å². The molecule has 16 heavy (non-hydrogen) atoms. The van der Waals surface area contributed by atoms with E-state index in [1.807, 2.05) is 12.3 Å². The molecular formula is C10H10BrN3OS. The highest BCUT2D eigenvalue weighted by Gasteiger charge is 2.11. The molecule has 0 spiro atoms. The summed E-state index contributed by atoms with van der Waals surface area (Å²) in [6.45, 7) is 1.79. The van der Waals surface area contributed by atoms with E-state index in [0.29, 0.717) is 11.3 Å². The summed E-state index contributed by atoms with van der Waals surface area (Å²) >= 11 is 4.86. The van der Waals surface area contributed by atoms with E-state index >= 15 is 0 Å². The molecule has 0 fully saturated rings. The first-order valence-corrected chi connectivity index (χ1v) is 6.64. The van der Waals surface area contributed by atoms with Crippen molar-refractivity contribution in [3.8, 4) is 0 Å². The third-order valence-corrected chi connectivity index (χ3v) is 3.77. The molecule has 4 nitrogen and oxygen atoms in total. The topological polar surface area (TPSA) is 47.8 Å². The third kappa shape index (κ3) is 1.76. The van der Waals surface area contributed by atoms with Crippen molar-refractivity contribution < 1.29 is 0 Å². The van der Waals surface area contributed by atoms with Crippen LogP contribution in [-0.4, -0.2) is 20.8 Å². The average molecular weight is 300 g/mol. The molecule has 0 saturated carbocycles. The summed E-state index contributed by atoms with van der Waals surface area (Å²) in [7, 11) is 1.71. The van der Waals surface area contributed by atoms with Crippen LogP contribution in [0, 0.1) is 6.92 Å². The first-order valence-electron chi connectivity index (χ1n) is 4.62. The van der Waals surface area contributed by atoms with Crippen LogP contribution in [0.15, 0.2) is 20.5 Å². The van der Waals surface area contributed by atoms with Gasteiger partial charge in [-0.3, -0.25) is 4.79 Å². The fourth-order valence-corrected chi connectivity index (χ4v) is 2.46. The zero-order valence-electron chi connectivity index (χ0n) is 9.11.